The molecule has 2 aromatic carbocycles. The summed E-state index contributed by atoms with van der Waals surface area (Å²) in [7, 11) is 0. The molecular formula is C25H33FN2O2. The van der Waals surface area contributed by atoms with Crippen molar-refractivity contribution in [2.75, 3.05) is 6.54 Å². The average molecular weight is 413 g/mol. The maximum atomic E-state index is 13.3. The second-order valence-electron chi connectivity index (χ2n) is 7.86. The lowest BCUT2D eigenvalue weighted by Gasteiger charge is -2.30. The summed E-state index contributed by atoms with van der Waals surface area (Å²) in [6.07, 6.45) is 1.45. The van der Waals surface area contributed by atoms with Gasteiger partial charge in [-0.3, -0.25) is 9.59 Å². The molecule has 0 heterocycles. The summed E-state index contributed by atoms with van der Waals surface area (Å²) < 4.78 is 13.3. The van der Waals surface area contributed by atoms with E-state index in [9.17, 15) is 14.0 Å². The molecule has 0 fully saturated rings. The number of benzene rings is 2. The number of hydrogen-bond donors (Lipinski definition) is 1. The summed E-state index contributed by atoms with van der Waals surface area (Å²) in [5.41, 5.74) is 3.17. The topological polar surface area (TPSA) is 49.4 Å². The zero-order chi connectivity index (χ0) is 22.1. The van der Waals surface area contributed by atoms with Crippen LogP contribution < -0.4 is 5.32 Å². The van der Waals surface area contributed by atoms with E-state index >= 15 is 0 Å². The smallest absolute Gasteiger partial charge is 0.242 e. The second kappa shape index (κ2) is 11.5. The Bertz CT molecular complexity index is 816. The molecule has 0 radical (unpaired) electrons. The lowest BCUT2D eigenvalue weighted by Crippen LogP contribution is -2.49. The Balaban J connectivity index is 2.15. The first kappa shape index (κ1) is 23.6. The number of carbonyl (C=O) groups excluding carboxylic acids is 2. The highest BCUT2D eigenvalue weighted by molar-refractivity contribution is 5.87. The zero-order valence-electron chi connectivity index (χ0n) is 18.5. The molecule has 0 spiro atoms. The number of amides is 2. The lowest BCUT2D eigenvalue weighted by molar-refractivity contribution is -0.141. The van der Waals surface area contributed by atoms with Crippen LogP contribution in [0.1, 0.15) is 63.1 Å². The molecule has 0 aliphatic heterocycles. The third-order valence-electron chi connectivity index (χ3n) is 5.28. The van der Waals surface area contributed by atoms with Crippen LogP contribution in [0.3, 0.4) is 0 Å². The Hall–Kier alpha value is -2.69. The van der Waals surface area contributed by atoms with Crippen molar-refractivity contribution in [1.82, 2.24) is 10.2 Å². The van der Waals surface area contributed by atoms with Gasteiger partial charge in [0.25, 0.3) is 0 Å². The van der Waals surface area contributed by atoms with Gasteiger partial charge in [0, 0.05) is 19.5 Å². The summed E-state index contributed by atoms with van der Waals surface area (Å²) in [4.78, 5) is 27.3. The summed E-state index contributed by atoms with van der Waals surface area (Å²) in [6, 6.07) is 13.8. The summed E-state index contributed by atoms with van der Waals surface area (Å²) in [6.45, 7) is 8.85. The molecule has 0 bridgehead atoms. The molecule has 0 saturated carbocycles. The van der Waals surface area contributed by atoms with Crippen molar-refractivity contribution in [1.29, 1.82) is 0 Å². The molecular weight excluding hydrogens is 379 g/mol. The summed E-state index contributed by atoms with van der Waals surface area (Å²) in [5.74, 6) is -0.0892. The van der Waals surface area contributed by atoms with Gasteiger partial charge < -0.3 is 10.2 Å². The van der Waals surface area contributed by atoms with Gasteiger partial charge >= 0.3 is 0 Å². The van der Waals surface area contributed by atoms with Crippen LogP contribution in [0.2, 0.25) is 0 Å². The number of aryl methyl sites for hydroxylation is 1. The minimum Gasteiger partial charge on any atom is -0.355 e. The minimum absolute atomic E-state index is 0.0784. The van der Waals surface area contributed by atoms with Gasteiger partial charge in [0.2, 0.25) is 11.8 Å². The minimum atomic E-state index is -0.550. The van der Waals surface area contributed by atoms with E-state index in [1.54, 1.807) is 17.0 Å². The first-order valence-corrected chi connectivity index (χ1v) is 10.8. The van der Waals surface area contributed by atoms with Gasteiger partial charge in [-0.1, -0.05) is 57.2 Å². The fourth-order valence-corrected chi connectivity index (χ4v) is 3.46. The molecule has 2 amide bonds. The van der Waals surface area contributed by atoms with Crippen LogP contribution in [0.15, 0.2) is 48.5 Å². The molecule has 0 aliphatic rings. The van der Waals surface area contributed by atoms with Crippen molar-refractivity contribution >= 4 is 11.8 Å². The third-order valence-corrected chi connectivity index (χ3v) is 5.28. The molecule has 1 N–H and O–H groups in total. The lowest BCUT2D eigenvalue weighted by atomic mass is 10.00. The van der Waals surface area contributed by atoms with Crippen LogP contribution in [0, 0.1) is 5.82 Å². The molecule has 0 aliphatic carbocycles. The van der Waals surface area contributed by atoms with Crippen molar-refractivity contribution < 1.29 is 14.0 Å². The number of nitrogens with zero attached hydrogens (tertiary/aromatic N) is 1. The molecule has 2 aromatic rings. The molecule has 5 heteroatoms. The Labute approximate surface area is 179 Å². The SMILES string of the molecule is CCNC(=O)C(CC)N(Cc1ccc(F)cc1)C(=O)CCc1ccc(C(C)C)cc1. The van der Waals surface area contributed by atoms with Crippen molar-refractivity contribution in [3.05, 3.63) is 71.0 Å². The average Bonchev–Trinajstić information content (AvgIpc) is 2.73. The molecule has 1 unspecified atom stereocenters. The number of carbonyl (C=O) groups is 2. The van der Waals surface area contributed by atoms with E-state index in [-0.39, 0.29) is 24.2 Å². The number of nitrogens with one attached hydrogen (secondary N) is 1. The Morgan fingerprint density at radius 1 is 0.967 bits per heavy atom. The highest BCUT2D eigenvalue weighted by Gasteiger charge is 2.28. The van der Waals surface area contributed by atoms with E-state index in [1.165, 1.54) is 17.7 Å². The van der Waals surface area contributed by atoms with Gasteiger partial charge in [0.15, 0.2) is 0 Å². The fraction of sp³-hybridized carbons (Fsp3) is 0.440. The van der Waals surface area contributed by atoms with E-state index in [4.69, 9.17) is 0 Å². The Morgan fingerprint density at radius 3 is 2.10 bits per heavy atom. The first-order valence-electron chi connectivity index (χ1n) is 10.8. The Kier molecular flexibility index (Phi) is 9.03. The van der Waals surface area contributed by atoms with E-state index in [1.807, 2.05) is 13.8 Å². The van der Waals surface area contributed by atoms with Crippen LogP contribution in [-0.4, -0.2) is 29.3 Å². The van der Waals surface area contributed by atoms with Crippen molar-refractivity contribution in [2.45, 2.75) is 65.5 Å². The maximum Gasteiger partial charge on any atom is 0.242 e. The molecule has 1 atom stereocenters. The van der Waals surface area contributed by atoms with Gasteiger partial charge in [-0.25, -0.2) is 4.39 Å². The standard InChI is InChI=1S/C25H33FN2O2/c1-5-23(25(30)27-6-2)28(17-20-9-14-22(26)15-10-20)24(29)16-11-19-7-12-21(13-8-19)18(3)4/h7-10,12-15,18,23H,5-6,11,16-17H2,1-4H3,(H,27,30). The normalized spacial score (nSPS) is 11.9. The second-order valence-corrected chi connectivity index (χ2v) is 7.86. The highest BCUT2D eigenvalue weighted by atomic mass is 19.1. The molecule has 162 valence electrons. The molecule has 30 heavy (non-hydrogen) atoms. The van der Waals surface area contributed by atoms with E-state index in [0.717, 1.165) is 11.1 Å². The van der Waals surface area contributed by atoms with Crippen molar-refractivity contribution in [3.8, 4) is 0 Å². The first-order chi connectivity index (χ1) is 14.3. The third kappa shape index (κ3) is 6.68. The quantitative estimate of drug-likeness (QED) is 0.608. The highest BCUT2D eigenvalue weighted by Crippen LogP contribution is 2.18. The van der Waals surface area contributed by atoms with Crippen molar-refractivity contribution in [2.24, 2.45) is 0 Å². The van der Waals surface area contributed by atoms with Crippen LogP contribution >= 0.6 is 0 Å². The van der Waals surface area contributed by atoms with E-state index in [2.05, 4.69) is 43.4 Å². The maximum absolute atomic E-state index is 13.3. The molecule has 0 saturated heterocycles. The Morgan fingerprint density at radius 2 is 1.57 bits per heavy atom. The van der Waals surface area contributed by atoms with Crippen LogP contribution in [0.25, 0.3) is 0 Å². The van der Waals surface area contributed by atoms with Gasteiger partial charge in [0.05, 0.1) is 0 Å². The zero-order valence-corrected chi connectivity index (χ0v) is 18.5. The van der Waals surface area contributed by atoms with Crippen LogP contribution in [-0.2, 0) is 22.6 Å². The van der Waals surface area contributed by atoms with Crippen LogP contribution in [0.4, 0.5) is 4.39 Å². The van der Waals surface area contributed by atoms with Gasteiger partial charge in [-0.05, 0) is 54.5 Å². The fourth-order valence-electron chi connectivity index (χ4n) is 3.46. The predicted octanol–water partition coefficient (Wildman–Crippen LogP) is 4.83. The number of likely N-dealkylation sites (N-methyl/N-ethyl adjacent to an activating group) is 1. The number of halogens is 1. The number of rotatable bonds is 10. The predicted molar refractivity (Wildman–Crippen MR) is 119 cm³/mol. The molecule has 0 aromatic heterocycles. The van der Waals surface area contributed by atoms with E-state index < -0.39 is 6.04 Å². The summed E-state index contributed by atoms with van der Waals surface area (Å²) in [5, 5.41) is 2.82. The van der Waals surface area contributed by atoms with Crippen molar-refractivity contribution in [3.63, 3.8) is 0 Å². The van der Waals surface area contributed by atoms with Gasteiger partial charge in [-0.15, -0.1) is 0 Å². The molecule has 2 rings (SSSR count). The monoisotopic (exact) mass is 412 g/mol. The van der Waals surface area contributed by atoms with Gasteiger partial charge in [-0.2, -0.15) is 0 Å². The van der Waals surface area contributed by atoms with Crippen LogP contribution in [0.5, 0.6) is 0 Å². The summed E-state index contributed by atoms with van der Waals surface area (Å²) >= 11 is 0. The largest absolute Gasteiger partial charge is 0.355 e. The van der Waals surface area contributed by atoms with E-state index in [0.29, 0.717) is 31.7 Å². The molecule has 4 nitrogen and oxygen atoms in total. The van der Waals surface area contributed by atoms with Gasteiger partial charge in [0.1, 0.15) is 11.9 Å². The number of hydrogen-bond acceptors (Lipinski definition) is 2.